The summed E-state index contributed by atoms with van der Waals surface area (Å²) in [5.74, 6) is 0.663. The van der Waals surface area contributed by atoms with Crippen molar-refractivity contribution >= 4 is 11.6 Å². The second kappa shape index (κ2) is 6.37. The molecule has 2 rings (SSSR count). The Morgan fingerprint density at radius 1 is 1.46 bits per heavy atom. The number of terminal acetylenes is 1. The SMILES string of the molecule is C#Cc1cccc(NC(=O)CC(O)(c2nccn2C)C(F)(F)F)c1. The molecule has 1 aromatic heterocycles. The molecule has 24 heavy (non-hydrogen) atoms. The number of hydrogen-bond acceptors (Lipinski definition) is 3. The second-order valence-electron chi connectivity index (χ2n) is 5.17. The Kier molecular flexibility index (Phi) is 4.66. The first kappa shape index (κ1) is 17.6. The predicted octanol–water partition coefficient (Wildman–Crippen LogP) is 2.18. The first-order valence-electron chi connectivity index (χ1n) is 6.81. The summed E-state index contributed by atoms with van der Waals surface area (Å²) in [5.41, 5.74) is -2.71. The number of hydrogen-bond donors (Lipinski definition) is 2. The molecule has 126 valence electrons. The lowest BCUT2D eigenvalue weighted by molar-refractivity contribution is -0.270. The van der Waals surface area contributed by atoms with Crippen LogP contribution in [0.1, 0.15) is 17.8 Å². The van der Waals surface area contributed by atoms with Gasteiger partial charge in [0.1, 0.15) is 0 Å². The fourth-order valence-corrected chi connectivity index (χ4v) is 2.19. The van der Waals surface area contributed by atoms with E-state index >= 15 is 0 Å². The molecule has 0 saturated heterocycles. The molecule has 2 aromatic rings. The van der Waals surface area contributed by atoms with E-state index in [1.54, 1.807) is 12.1 Å². The highest BCUT2D eigenvalue weighted by molar-refractivity contribution is 5.91. The van der Waals surface area contributed by atoms with Crippen LogP contribution >= 0.6 is 0 Å². The molecule has 1 unspecified atom stereocenters. The maximum Gasteiger partial charge on any atom is 0.425 e. The number of carbonyl (C=O) groups excluding carboxylic acids is 1. The van der Waals surface area contributed by atoms with Crippen LogP contribution in [-0.2, 0) is 17.4 Å². The molecule has 0 aliphatic heterocycles. The second-order valence-corrected chi connectivity index (χ2v) is 5.17. The van der Waals surface area contributed by atoms with Crippen molar-refractivity contribution in [3.63, 3.8) is 0 Å². The molecule has 1 atom stereocenters. The number of imidazole rings is 1. The molecule has 1 amide bonds. The summed E-state index contributed by atoms with van der Waals surface area (Å²) >= 11 is 0. The first-order chi connectivity index (χ1) is 11.2. The number of anilines is 1. The van der Waals surface area contributed by atoms with Gasteiger partial charge in [0.2, 0.25) is 11.5 Å². The van der Waals surface area contributed by atoms with E-state index in [1.165, 1.54) is 25.4 Å². The number of nitrogens with zero attached hydrogens (tertiary/aromatic N) is 2. The standard InChI is InChI=1S/C16H14F3N3O2/c1-3-11-5-4-6-12(9-11)21-13(23)10-15(24,16(17,18)19)14-20-7-8-22(14)2/h1,4-9,24H,10H2,2H3,(H,21,23). The molecular weight excluding hydrogens is 323 g/mol. The minimum absolute atomic E-state index is 0.236. The fraction of sp³-hybridized carbons (Fsp3) is 0.250. The van der Waals surface area contributed by atoms with E-state index < -0.39 is 29.9 Å². The van der Waals surface area contributed by atoms with Crippen LogP contribution in [0.15, 0.2) is 36.7 Å². The molecule has 0 saturated carbocycles. The van der Waals surface area contributed by atoms with Crippen LogP contribution in [-0.4, -0.2) is 26.7 Å². The largest absolute Gasteiger partial charge is 0.425 e. The summed E-state index contributed by atoms with van der Waals surface area (Å²) in [6.45, 7) is 0. The van der Waals surface area contributed by atoms with E-state index in [0.717, 1.165) is 10.8 Å². The van der Waals surface area contributed by atoms with E-state index in [4.69, 9.17) is 6.42 Å². The smallest absolute Gasteiger partial charge is 0.374 e. The van der Waals surface area contributed by atoms with Gasteiger partial charge in [-0.05, 0) is 18.2 Å². The number of aryl methyl sites for hydroxylation is 1. The molecule has 0 bridgehead atoms. The number of rotatable bonds is 4. The van der Waals surface area contributed by atoms with Crippen molar-refractivity contribution < 1.29 is 23.1 Å². The summed E-state index contributed by atoms with van der Waals surface area (Å²) in [4.78, 5) is 15.5. The van der Waals surface area contributed by atoms with Crippen molar-refractivity contribution in [1.29, 1.82) is 0 Å². The van der Waals surface area contributed by atoms with Crippen LogP contribution in [0.5, 0.6) is 0 Å². The van der Waals surface area contributed by atoms with Gasteiger partial charge in [0.15, 0.2) is 5.82 Å². The van der Waals surface area contributed by atoms with Gasteiger partial charge in [-0.2, -0.15) is 13.2 Å². The van der Waals surface area contributed by atoms with E-state index in [0.29, 0.717) is 5.56 Å². The third kappa shape index (κ3) is 3.41. The van der Waals surface area contributed by atoms with Crippen molar-refractivity contribution in [3.05, 3.63) is 48.0 Å². The zero-order chi connectivity index (χ0) is 18.0. The van der Waals surface area contributed by atoms with Crippen molar-refractivity contribution in [2.24, 2.45) is 7.05 Å². The van der Waals surface area contributed by atoms with Crippen LogP contribution < -0.4 is 5.32 Å². The van der Waals surface area contributed by atoms with Gasteiger partial charge in [-0.25, -0.2) is 4.98 Å². The Balaban J connectivity index is 2.26. The number of carbonyl (C=O) groups is 1. The Hall–Kier alpha value is -2.79. The zero-order valence-corrected chi connectivity index (χ0v) is 12.6. The highest BCUT2D eigenvalue weighted by Gasteiger charge is 2.58. The summed E-state index contributed by atoms with van der Waals surface area (Å²) in [5, 5.41) is 12.4. The molecular formula is C16H14F3N3O2. The Morgan fingerprint density at radius 2 is 2.17 bits per heavy atom. The molecule has 2 N–H and O–H groups in total. The summed E-state index contributed by atoms with van der Waals surface area (Å²) in [7, 11) is 1.30. The molecule has 1 aromatic carbocycles. The van der Waals surface area contributed by atoms with Crippen LogP contribution in [0.2, 0.25) is 0 Å². The Bertz CT molecular complexity index is 792. The maximum atomic E-state index is 13.4. The van der Waals surface area contributed by atoms with Crippen LogP contribution in [0, 0.1) is 12.3 Å². The van der Waals surface area contributed by atoms with Crippen molar-refractivity contribution in [3.8, 4) is 12.3 Å². The lowest BCUT2D eigenvalue weighted by Crippen LogP contribution is -2.46. The molecule has 0 aliphatic carbocycles. The number of halogens is 3. The number of nitrogens with one attached hydrogen (secondary N) is 1. The van der Waals surface area contributed by atoms with E-state index in [2.05, 4.69) is 16.2 Å². The Labute approximate surface area is 136 Å². The van der Waals surface area contributed by atoms with Gasteiger partial charge in [-0.15, -0.1) is 6.42 Å². The van der Waals surface area contributed by atoms with Crippen LogP contribution in [0.4, 0.5) is 18.9 Å². The minimum Gasteiger partial charge on any atom is -0.374 e. The van der Waals surface area contributed by atoms with Crippen LogP contribution in [0.25, 0.3) is 0 Å². The molecule has 5 nitrogen and oxygen atoms in total. The third-order valence-corrected chi connectivity index (χ3v) is 3.39. The average Bonchev–Trinajstić information content (AvgIpc) is 2.92. The molecule has 0 aliphatic rings. The quantitative estimate of drug-likeness (QED) is 0.841. The van der Waals surface area contributed by atoms with Gasteiger partial charge < -0.3 is 15.0 Å². The molecule has 0 fully saturated rings. The predicted molar refractivity (Wildman–Crippen MR) is 80.8 cm³/mol. The summed E-state index contributed by atoms with van der Waals surface area (Å²) in [6, 6.07) is 6.08. The number of aliphatic hydroxyl groups is 1. The van der Waals surface area contributed by atoms with Gasteiger partial charge in [0.05, 0.1) is 6.42 Å². The molecule has 0 spiro atoms. The molecule has 8 heteroatoms. The maximum absolute atomic E-state index is 13.4. The third-order valence-electron chi connectivity index (χ3n) is 3.39. The Morgan fingerprint density at radius 3 is 2.71 bits per heavy atom. The topological polar surface area (TPSA) is 67.2 Å². The fourth-order valence-electron chi connectivity index (χ4n) is 2.19. The number of aromatic nitrogens is 2. The van der Waals surface area contributed by atoms with Crippen molar-refractivity contribution in [2.75, 3.05) is 5.32 Å². The lowest BCUT2D eigenvalue weighted by atomic mass is 9.97. The number of alkyl halides is 3. The van der Waals surface area contributed by atoms with Gasteiger partial charge in [-0.3, -0.25) is 4.79 Å². The molecule has 0 radical (unpaired) electrons. The van der Waals surface area contributed by atoms with Crippen molar-refractivity contribution in [2.45, 2.75) is 18.2 Å². The van der Waals surface area contributed by atoms with E-state index in [1.807, 2.05) is 0 Å². The van der Waals surface area contributed by atoms with Gasteiger partial charge in [0.25, 0.3) is 0 Å². The van der Waals surface area contributed by atoms with Gasteiger partial charge in [0, 0.05) is 30.7 Å². The van der Waals surface area contributed by atoms with E-state index in [9.17, 15) is 23.1 Å². The van der Waals surface area contributed by atoms with E-state index in [-0.39, 0.29) is 5.69 Å². The zero-order valence-electron chi connectivity index (χ0n) is 12.6. The first-order valence-corrected chi connectivity index (χ1v) is 6.81. The lowest BCUT2D eigenvalue weighted by Gasteiger charge is -2.29. The van der Waals surface area contributed by atoms with Gasteiger partial charge >= 0.3 is 6.18 Å². The minimum atomic E-state index is -5.08. The number of amides is 1. The molecule has 1 heterocycles. The monoisotopic (exact) mass is 337 g/mol. The van der Waals surface area contributed by atoms with Crippen LogP contribution in [0.3, 0.4) is 0 Å². The normalized spacial score (nSPS) is 13.8. The highest BCUT2D eigenvalue weighted by Crippen LogP contribution is 2.40. The highest BCUT2D eigenvalue weighted by atomic mass is 19.4. The van der Waals surface area contributed by atoms with Gasteiger partial charge in [-0.1, -0.05) is 12.0 Å². The number of benzene rings is 1. The average molecular weight is 337 g/mol. The summed E-state index contributed by atoms with van der Waals surface area (Å²) in [6.07, 6.45) is 1.27. The van der Waals surface area contributed by atoms with Crippen molar-refractivity contribution in [1.82, 2.24) is 9.55 Å². The summed E-state index contributed by atoms with van der Waals surface area (Å²) < 4.78 is 41.1.